The molecule has 1 aliphatic rings. The lowest BCUT2D eigenvalue weighted by Crippen LogP contribution is -2.26. The highest BCUT2D eigenvalue weighted by molar-refractivity contribution is 5.65. The molecule has 5 heteroatoms. The van der Waals surface area contributed by atoms with Gasteiger partial charge in [-0.2, -0.15) is 0 Å². The maximum Gasteiger partial charge on any atom is 0.166 e. The highest BCUT2D eigenvalue weighted by Crippen LogP contribution is 2.34. The number of methoxy groups -OCH3 is 1. The molecule has 0 N–H and O–H groups in total. The molecule has 0 aromatic heterocycles. The molecule has 2 aromatic rings. The number of hydrogen-bond donors (Lipinski definition) is 0. The molecule has 2 aromatic carbocycles. The van der Waals surface area contributed by atoms with E-state index >= 15 is 0 Å². The Morgan fingerprint density at radius 3 is 2.52 bits per heavy atom. The van der Waals surface area contributed by atoms with E-state index in [0.717, 1.165) is 19.3 Å². The van der Waals surface area contributed by atoms with Gasteiger partial charge in [-0.3, -0.25) is 0 Å². The molecule has 2 atom stereocenters. The van der Waals surface area contributed by atoms with Gasteiger partial charge in [0.25, 0.3) is 0 Å². The molecule has 2 nitrogen and oxygen atoms in total. The lowest BCUT2D eigenvalue weighted by atomic mass is 9.95. The zero-order valence-corrected chi connectivity index (χ0v) is 15.7. The Morgan fingerprint density at radius 2 is 1.89 bits per heavy atom. The van der Waals surface area contributed by atoms with Crippen molar-refractivity contribution in [3.05, 3.63) is 58.9 Å². The van der Waals surface area contributed by atoms with Crippen molar-refractivity contribution >= 4 is 0 Å². The van der Waals surface area contributed by atoms with Crippen LogP contribution >= 0.6 is 0 Å². The fourth-order valence-corrected chi connectivity index (χ4v) is 3.49. The van der Waals surface area contributed by atoms with Crippen molar-refractivity contribution < 1.29 is 22.6 Å². The second kappa shape index (κ2) is 8.89. The third-order valence-electron chi connectivity index (χ3n) is 5.19. The van der Waals surface area contributed by atoms with E-state index in [1.807, 2.05) is 6.92 Å². The van der Waals surface area contributed by atoms with E-state index in [1.54, 1.807) is 25.3 Å². The van der Waals surface area contributed by atoms with Crippen LogP contribution in [0.1, 0.15) is 49.8 Å². The molecule has 2 unspecified atom stereocenters. The fraction of sp³-hybridized carbons (Fsp3) is 0.455. The van der Waals surface area contributed by atoms with Gasteiger partial charge in [0.15, 0.2) is 11.6 Å². The first-order valence-electron chi connectivity index (χ1n) is 9.46. The molecule has 0 saturated carbocycles. The van der Waals surface area contributed by atoms with Gasteiger partial charge >= 0.3 is 0 Å². The average molecular weight is 378 g/mol. The van der Waals surface area contributed by atoms with E-state index in [-0.39, 0.29) is 17.8 Å². The second-order valence-electron chi connectivity index (χ2n) is 7.00. The quantitative estimate of drug-likeness (QED) is 0.616. The van der Waals surface area contributed by atoms with Crippen LogP contribution in [0.25, 0.3) is 11.1 Å². The normalized spacial score (nSPS) is 20.0. The van der Waals surface area contributed by atoms with Crippen LogP contribution in [0.2, 0.25) is 0 Å². The van der Waals surface area contributed by atoms with Crippen molar-refractivity contribution in [3.63, 3.8) is 0 Å². The van der Waals surface area contributed by atoms with Crippen molar-refractivity contribution in [1.82, 2.24) is 0 Å². The summed E-state index contributed by atoms with van der Waals surface area (Å²) < 4.78 is 54.4. The van der Waals surface area contributed by atoms with Gasteiger partial charge in [-0.05, 0) is 42.9 Å². The summed E-state index contributed by atoms with van der Waals surface area (Å²) in [6.07, 6.45) is 3.34. The van der Waals surface area contributed by atoms with Crippen LogP contribution in [0.15, 0.2) is 30.3 Å². The summed E-state index contributed by atoms with van der Waals surface area (Å²) in [5.74, 6) is -2.23. The van der Waals surface area contributed by atoms with Crippen molar-refractivity contribution in [2.24, 2.45) is 0 Å². The van der Waals surface area contributed by atoms with Gasteiger partial charge in [0.2, 0.25) is 0 Å². The molecule has 0 radical (unpaired) electrons. The lowest BCUT2D eigenvalue weighted by molar-refractivity contribution is -0.0735. The fourth-order valence-electron chi connectivity index (χ4n) is 3.49. The summed E-state index contributed by atoms with van der Waals surface area (Å²) in [6, 6.07) is 7.59. The third-order valence-corrected chi connectivity index (χ3v) is 5.19. The van der Waals surface area contributed by atoms with Gasteiger partial charge in [0.05, 0.1) is 18.8 Å². The third kappa shape index (κ3) is 4.36. The van der Waals surface area contributed by atoms with E-state index in [1.165, 1.54) is 12.1 Å². The highest BCUT2D eigenvalue weighted by atomic mass is 19.2. The first-order valence-corrected chi connectivity index (χ1v) is 9.46. The van der Waals surface area contributed by atoms with Crippen LogP contribution in [0.5, 0.6) is 0 Å². The monoisotopic (exact) mass is 378 g/mol. The molecule has 146 valence electrons. The summed E-state index contributed by atoms with van der Waals surface area (Å²) in [5.41, 5.74) is 1.19. The van der Waals surface area contributed by atoms with Crippen molar-refractivity contribution in [3.8, 4) is 11.1 Å². The van der Waals surface area contributed by atoms with Gasteiger partial charge in [-0.25, -0.2) is 13.2 Å². The number of ether oxygens (including phenoxy) is 2. The summed E-state index contributed by atoms with van der Waals surface area (Å²) in [5, 5.41) is 0. The molecule has 0 bridgehead atoms. The topological polar surface area (TPSA) is 18.5 Å². The minimum absolute atomic E-state index is 0.0341. The Bertz CT molecular complexity index is 783. The van der Waals surface area contributed by atoms with E-state index in [4.69, 9.17) is 9.47 Å². The standard InChI is InChI=1S/C22H25F3O2/c1-3-4-5-14-6-9-17(22(25)21(14)24)15-7-10-18(19(23)12-15)20-11-8-16(26-2)13-27-20/h6-7,9-10,12,16,20H,3-5,8,11,13H2,1-2H3. The zero-order chi connectivity index (χ0) is 19.4. The molecule has 0 spiro atoms. The van der Waals surface area contributed by atoms with Crippen molar-refractivity contribution in [2.45, 2.75) is 51.2 Å². The maximum absolute atomic E-state index is 14.6. The molecule has 1 aliphatic heterocycles. The number of benzene rings is 2. The number of rotatable bonds is 6. The average Bonchev–Trinajstić information content (AvgIpc) is 2.69. The number of unbranched alkanes of at least 4 members (excludes halogenated alkanes) is 1. The molecule has 1 fully saturated rings. The number of halogens is 3. The lowest BCUT2D eigenvalue weighted by Gasteiger charge is -2.28. The van der Waals surface area contributed by atoms with Gasteiger partial charge in [0, 0.05) is 18.2 Å². The largest absolute Gasteiger partial charge is 0.379 e. The Balaban J connectivity index is 1.82. The molecule has 1 heterocycles. The summed E-state index contributed by atoms with van der Waals surface area (Å²) >= 11 is 0. The minimum atomic E-state index is -0.924. The molecule has 0 aliphatic carbocycles. The Labute approximate surface area is 158 Å². The smallest absolute Gasteiger partial charge is 0.166 e. The summed E-state index contributed by atoms with van der Waals surface area (Å²) in [7, 11) is 1.63. The number of hydrogen-bond acceptors (Lipinski definition) is 2. The van der Waals surface area contributed by atoms with Crippen LogP contribution in [-0.2, 0) is 15.9 Å². The van der Waals surface area contributed by atoms with Gasteiger partial charge < -0.3 is 9.47 Å². The number of aryl methyl sites for hydroxylation is 1. The second-order valence-corrected chi connectivity index (χ2v) is 7.00. The van der Waals surface area contributed by atoms with E-state index in [2.05, 4.69) is 0 Å². The van der Waals surface area contributed by atoms with Gasteiger partial charge in [-0.1, -0.05) is 37.6 Å². The molecule has 0 amide bonds. The van der Waals surface area contributed by atoms with Crippen LogP contribution in [-0.4, -0.2) is 19.8 Å². The molecular weight excluding hydrogens is 353 g/mol. The molecule has 3 rings (SSSR count). The van der Waals surface area contributed by atoms with E-state index in [9.17, 15) is 13.2 Å². The van der Waals surface area contributed by atoms with E-state index < -0.39 is 17.5 Å². The predicted octanol–water partition coefficient (Wildman–Crippen LogP) is 5.98. The maximum atomic E-state index is 14.6. The van der Waals surface area contributed by atoms with Crippen LogP contribution < -0.4 is 0 Å². The molecule has 27 heavy (non-hydrogen) atoms. The zero-order valence-electron chi connectivity index (χ0n) is 15.7. The SMILES string of the molecule is CCCCc1ccc(-c2ccc(C3CCC(OC)CO3)c(F)c2)c(F)c1F. The molecular formula is C22H25F3O2. The van der Waals surface area contributed by atoms with E-state index in [0.29, 0.717) is 36.1 Å². The summed E-state index contributed by atoms with van der Waals surface area (Å²) in [4.78, 5) is 0. The van der Waals surface area contributed by atoms with Crippen LogP contribution in [0.4, 0.5) is 13.2 Å². The highest BCUT2D eigenvalue weighted by Gasteiger charge is 2.25. The predicted molar refractivity (Wildman–Crippen MR) is 99.1 cm³/mol. The Hall–Kier alpha value is -1.85. The first-order chi connectivity index (χ1) is 13.0. The Morgan fingerprint density at radius 1 is 1.07 bits per heavy atom. The van der Waals surface area contributed by atoms with Crippen LogP contribution in [0.3, 0.4) is 0 Å². The van der Waals surface area contributed by atoms with Crippen molar-refractivity contribution in [2.75, 3.05) is 13.7 Å². The first kappa shape index (κ1) is 19.9. The van der Waals surface area contributed by atoms with Crippen LogP contribution in [0, 0.1) is 17.5 Å². The van der Waals surface area contributed by atoms with Gasteiger partial charge in [0.1, 0.15) is 5.82 Å². The molecule has 1 saturated heterocycles. The van der Waals surface area contributed by atoms with Crippen molar-refractivity contribution in [1.29, 1.82) is 0 Å². The Kier molecular flexibility index (Phi) is 6.55. The van der Waals surface area contributed by atoms with Gasteiger partial charge in [-0.15, -0.1) is 0 Å². The summed E-state index contributed by atoms with van der Waals surface area (Å²) in [6.45, 7) is 2.42. The minimum Gasteiger partial charge on any atom is -0.379 e.